The van der Waals surface area contributed by atoms with Gasteiger partial charge in [0.15, 0.2) is 11.5 Å². The maximum atomic E-state index is 12.1. The molecule has 0 unspecified atom stereocenters. The average Bonchev–Trinajstić information content (AvgIpc) is 2.78. The van der Waals surface area contributed by atoms with Crippen LogP contribution < -0.4 is 25.8 Å². The fourth-order valence-corrected chi connectivity index (χ4v) is 2.85. The Morgan fingerprint density at radius 2 is 1.70 bits per heavy atom. The monoisotopic (exact) mass is 403 g/mol. The first-order valence-corrected chi connectivity index (χ1v) is 9.47. The molecular weight excluding hydrogens is 378 g/mol. The molecule has 0 radical (unpaired) electrons. The number of hydrogen-bond donors (Lipinski definition) is 3. The molecule has 0 spiro atoms. The maximum Gasteiger partial charge on any atom is 0.248 e. The number of nitrogens with one attached hydrogen (secondary N) is 2. The van der Waals surface area contributed by atoms with Gasteiger partial charge in [0, 0.05) is 24.4 Å². The zero-order chi connectivity index (χ0) is 21.3. The summed E-state index contributed by atoms with van der Waals surface area (Å²) in [6.07, 6.45) is 3.25. The van der Waals surface area contributed by atoms with E-state index in [2.05, 4.69) is 10.6 Å². The normalized spacial score (nSPS) is 10.6. The first-order chi connectivity index (χ1) is 14.6. The molecule has 6 heteroatoms. The minimum absolute atomic E-state index is 0.230. The molecule has 4 N–H and O–H groups in total. The van der Waals surface area contributed by atoms with Crippen LogP contribution in [0.15, 0.2) is 72.8 Å². The number of nitrogens with two attached hydrogens (primary N) is 1. The lowest BCUT2D eigenvalue weighted by atomic mass is 10.1. The predicted molar refractivity (Wildman–Crippen MR) is 122 cm³/mol. The number of rotatable bonds is 8. The Kier molecular flexibility index (Phi) is 6.95. The lowest BCUT2D eigenvalue weighted by molar-refractivity contribution is -0.111. The highest BCUT2D eigenvalue weighted by Gasteiger charge is 2.04. The second kappa shape index (κ2) is 10.0. The highest BCUT2D eigenvalue weighted by atomic mass is 16.5. The highest BCUT2D eigenvalue weighted by Crippen LogP contribution is 2.29. The number of anilines is 3. The van der Waals surface area contributed by atoms with Crippen LogP contribution in [0, 0.1) is 0 Å². The van der Waals surface area contributed by atoms with Crippen molar-refractivity contribution >= 4 is 29.0 Å². The largest absolute Gasteiger partial charge is 0.493 e. The molecule has 6 nitrogen and oxygen atoms in total. The van der Waals surface area contributed by atoms with Gasteiger partial charge < -0.3 is 25.8 Å². The number of benzene rings is 3. The summed E-state index contributed by atoms with van der Waals surface area (Å²) >= 11 is 0. The van der Waals surface area contributed by atoms with Gasteiger partial charge in [-0.25, -0.2) is 0 Å². The zero-order valence-corrected chi connectivity index (χ0v) is 17.0. The van der Waals surface area contributed by atoms with E-state index in [9.17, 15) is 4.79 Å². The molecule has 0 aliphatic heterocycles. The van der Waals surface area contributed by atoms with Crippen LogP contribution in [0.1, 0.15) is 11.1 Å². The van der Waals surface area contributed by atoms with E-state index < -0.39 is 0 Å². The van der Waals surface area contributed by atoms with Crippen LogP contribution in [0.5, 0.6) is 11.5 Å². The van der Waals surface area contributed by atoms with Crippen LogP contribution in [-0.2, 0) is 11.3 Å². The van der Waals surface area contributed by atoms with Crippen LogP contribution in [0.3, 0.4) is 0 Å². The van der Waals surface area contributed by atoms with E-state index in [1.165, 1.54) is 6.08 Å². The Morgan fingerprint density at radius 1 is 0.967 bits per heavy atom. The minimum atomic E-state index is -0.230. The van der Waals surface area contributed by atoms with Crippen molar-refractivity contribution in [3.05, 3.63) is 83.9 Å². The highest BCUT2D eigenvalue weighted by molar-refractivity contribution is 6.03. The second-order valence-corrected chi connectivity index (χ2v) is 6.57. The Labute approximate surface area is 176 Å². The number of para-hydroxylation sites is 2. The van der Waals surface area contributed by atoms with Crippen LogP contribution in [0.25, 0.3) is 6.08 Å². The van der Waals surface area contributed by atoms with E-state index in [1.54, 1.807) is 32.4 Å². The van der Waals surface area contributed by atoms with Crippen LogP contribution in [0.2, 0.25) is 0 Å². The molecule has 0 aliphatic rings. The molecule has 3 rings (SSSR count). The molecule has 3 aromatic carbocycles. The number of nitrogen functional groups attached to an aromatic ring is 1. The molecule has 3 aromatic rings. The number of methoxy groups -OCH3 is 2. The van der Waals surface area contributed by atoms with E-state index in [4.69, 9.17) is 15.2 Å². The van der Waals surface area contributed by atoms with Crippen molar-refractivity contribution in [1.82, 2.24) is 0 Å². The second-order valence-electron chi connectivity index (χ2n) is 6.57. The Hall–Kier alpha value is -3.93. The minimum Gasteiger partial charge on any atom is -0.493 e. The van der Waals surface area contributed by atoms with Gasteiger partial charge >= 0.3 is 0 Å². The fraction of sp³-hybridized carbons (Fsp3) is 0.125. The summed E-state index contributed by atoms with van der Waals surface area (Å²) in [5.41, 5.74) is 9.95. The number of amides is 1. The van der Waals surface area contributed by atoms with Crippen LogP contribution in [-0.4, -0.2) is 20.1 Å². The maximum absolute atomic E-state index is 12.1. The van der Waals surface area contributed by atoms with E-state index in [0.717, 1.165) is 16.8 Å². The molecule has 0 bridgehead atoms. The van der Waals surface area contributed by atoms with E-state index in [1.807, 2.05) is 54.6 Å². The molecule has 0 aromatic heterocycles. The molecular formula is C24H25N3O3. The standard InChI is InChI=1S/C24H25N3O3/c1-29-22-13-12-19(15-23(22)30-2)26-16-18-9-7-17(8-10-18)11-14-24(28)27-21-6-4-3-5-20(21)25/h3-15,26H,16,25H2,1-2H3,(H,27,28)/b14-11-. The van der Waals surface area contributed by atoms with Gasteiger partial charge in [0.2, 0.25) is 5.91 Å². The number of ether oxygens (including phenoxy) is 2. The van der Waals surface area contributed by atoms with Crippen LogP contribution in [0.4, 0.5) is 17.1 Å². The van der Waals surface area contributed by atoms with Gasteiger partial charge in [-0.2, -0.15) is 0 Å². The van der Waals surface area contributed by atoms with Crippen molar-refractivity contribution < 1.29 is 14.3 Å². The summed E-state index contributed by atoms with van der Waals surface area (Å²) in [6.45, 7) is 0.660. The van der Waals surface area contributed by atoms with Gasteiger partial charge in [-0.3, -0.25) is 4.79 Å². The van der Waals surface area contributed by atoms with E-state index >= 15 is 0 Å². The third kappa shape index (κ3) is 5.54. The molecule has 0 saturated carbocycles. The summed E-state index contributed by atoms with van der Waals surface area (Å²) in [5.74, 6) is 1.14. The first kappa shape index (κ1) is 20.8. The molecule has 1 amide bonds. The van der Waals surface area contributed by atoms with Gasteiger partial charge in [-0.05, 0) is 41.5 Å². The molecule has 0 fully saturated rings. The first-order valence-electron chi connectivity index (χ1n) is 9.47. The number of carbonyl (C=O) groups is 1. The smallest absolute Gasteiger partial charge is 0.248 e. The van der Waals surface area contributed by atoms with Gasteiger partial charge in [0.25, 0.3) is 0 Å². The van der Waals surface area contributed by atoms with Crippen molar-refractivity contribution in [2.45, 2.75) is 6.54 Å². The predicted octanol–water partition coefficient (Wildman–Crippen LogP) is 4.55. The van der Waals surface area contributed by atoms with E-state index in [0.29, 0.717) is 29.4 Å². The Balaban J connectivity index is 1.55. The van der Waals surface area contributed by atoms with Gasteiger partial charge in [-0.15, -0.1) is 0 Å². The van der Waals surface area contributed by atoms with Crippen molar-refractivity contribution in [2.75, 3.05) is 30.6 Å². The molecule has 0 saturated heterocycles. The van der Waals surface area contributed by atoms with Crippen molar-refractivity contribution in [3.63, 3.8) is 0 Å². The lowest BCUT2D eigenvalue weighted by Gasteiger charge is -2.11. The molecule has 0 aliphatic carbocycles. The summed E-state index contributed by atoms with van der Waals surface area (Å²) < 4.78 is 10.6. The van der Waals surface area contributed by atoms with Crippen molar-refractivity contribution in [1.29, 1.82) is 0 Å². The topological polar surface area (TPSA) is 85.6 Å². The fourth-order valence-electron chi connectivity index (χ4n) is 2.85. The Bertz CT molecular complexity index is 1030. The molecule has 0 atom stereocenters. The zero-order valence-electron chi connectivity index (χ0n) is 17.0. The van der Waals surface area contributed by atoms with Gasteiger partial charge in [0.1, 0.15) is 0 Å². The van der Waals surface area contributed by atoms with Crippen molar-refractivity contribution in [2.24, 2.45) is 0 Å². The van der Waals surface area contributed by atoms with Crippen LogP contribution >= 0.6 is 0 Å². The summed E-state index contributed by atoms with van der Waals surface area (Å²) in [5, 5.41) is 6.13. The third-order valence-electron chi connectivity index (χ3n) is 4.51. The molecule has 30 heavy (non-hydrogen) atoms. The number of carbonyl (C=O) groups excluding carboxylic acids is 1. The quantitative estimate of drug-likeness (QED) is 0.379. The Morgan fingerprint density at radius 3 is 2.40 bits per heavy atom. The number of hydrogen-bond acceptors (Lipinski definition) is 5. The average molecular weight is 403 g/mol. The molecule has 154 valence electrons. The van der Waals surface area contributed by atoms with E-state index in [-0.39, 0.29) is 5.91 Å². The lowest BCUT2D eigenvalue weighted by Crippen LogP contribution is -2.09. The summed E-state index contributed by atoms with van der Waals surface area (Å²) in [6, 6.07) is 20.8. The van der Waals surface area contributed by atoms with Gasteiger partial charge in [-0.1, -0.05) is 36.4 Å². The summed E-state index contributed by atoms with van der Waals surface area (Å²) in [7, 11) is 3.23. The molecule has 0 heterocycles. The van der Waals surface area contributed by atoms with Gasteiger partial charge in [0.05, 0.1) is 25.6 Å². The third-order valence-corrected chi connectivity index (χ3v) is 4.51. The SMILES string of the molecule is COc1ccc(NCc2ccc(/C=C\C(=O)Nc3ccccc3N)cc2)cc1OC. The van der Waals surface area contributed by atoms with Crippen molar-refractivity contribution in [3.8, 4) is 11.5 Å². The summed E-state index contributed by atoms with van der Waals surface area (Å²) in [4.78, 5) is 12.1.